The number of nitriles is 1. The SMILES string of the molecule is N#Cc1ccc(NCCc2ccc(Cl)cc2Cl)c(Cl)c1. The van der Waals surface area contributed by atoms with Crippen molar-refractivity contribution in [1.82, 2.24) is 0 Å². The highest BCUT2D eigenvalue weighted by Crippen LogP contribution is 2.24. The predicted molar refractivity (Wildman–Crippen MR) is 84.8 cm³/mol. The molecule has 2 rings (SSSR count). The van der Waals surface area contributed by atoms with Crippen LogP contribution in [0.5, 0.6) is 0 Å². The first-order valence-electron chi connectivity index (χ1n) is 5.97. The van der Waals surface area contributed by atoms with Crippen LogP contribution in [0.4, 0.5) is 5.69 Å². The zero-order valence-corrected chi connectivity index (χ0v) is 12.7. The summed E-state index contributed by atoms with van der Waals surface area (Å²) in [4.78, 5) is 0. The van der Waals surface area contributed by atoms with Crippen molar-refractivity contribution in [2.75, 3.05) is 11.9 Å². The van der Waals surface area contributed by atoms with E-state index in [0.29, 0.717) is 27.2 Å². The van der Waals surface area contributed by atoms with Crippen molar-refractivity contribution in [1.29, 1.82) is 5.26 Å². The summed E-state index contributed by atoms with van der Waals surface area (Å²) < 4.78 is 0. The fourth-order valence-electron chi connectivity index (χ4n) is 1.78. The van der Waals surface area contributed by atoms with E-state index in [9.17, 15) is 0 Å². The van der Waals surface area contributed by atoms with E-state index in [1.165, 1.54) is 0 Å². The summed E-state index contributed by atoms with van der Waals surface area (Å²) >= 11 is 18.0. The van der Waals surface area contributed by atoms with Crippen LogP contribution >= 0.6 is 34.8 Å². The van der Waals surface area contributed by atoms with E-state index in [0.717, 1.165) is 17.7 Å². The molecule has 5 heteroatoms. The minimum Gasteiger partial charge on any atom is -0.384 e. The number of hydrogen-bond donors (Lipinski definition) is 1. The third kappa shape index (κ3) is 3.80. The maximum atomic E-state index is 8.78. The summed E-state index contributed by atoms with van der Waals surface area (Å²) in [6.07, 6.45) is 0.756. The third-order valence-electron chi connectivity index (χ3n) is 2.82. The molecule has 0 spiro atoms. The maximum Gasteiger partial charge on any atom is 0.0992 e. The number of benzene rings is 2. The molecule has 2 aromatic carbocycles. The van der Waals surface area contributed by atoms with Crippen LogP contribution in [0, 0.1) is 11.3 Å². The first-order valence-corrected chi connectivity index (χ1v) is 7.11. The molecule has 0 atom stereocenters. The van der Waals surface area contributed by atoms with Gasteiger partial charge in [-0.2, -0.15) is 5.26 Å². The highest BCUT2D eigenvalue weighted by molar-refractivity contribution is 6.35. The van der Waals surface area contributed by atoms with Crippen molar-refractivity contribution in [3.8, 4) is 6.07 Å². The Bertz CT molecular complexity index is 663. The summed E-state index contributed by atoms with van der Waals surface area (Å²) in [5.41, 5.74) is 2.37. The van der Waals surface area contributed by atoms with Crippen molar-refractivity contribution >= 4 is 40.5 Å². The van der Waals surface area contributed by atoms with Gasteiger partial charge in [-0.1, -0.05) is 40.9 Å². The topological polar surface area (TPSA) is 35.8 Å². The van der Waals surface area contributed by atoms with Crippen LogP contribution in [0.3, 0.4) is 0 Å². The maximum absolute atomic E-state index is 8.78. The van der Waals surface area contributed by atoms with Gasteiger partial charge in [0.1, 0.15) is 0 Å². The molecule has 102 valence electrons. The molecule has 20 heavy (non-hydrogen) atoms. The molecule has 2 nitrogen and oxygen atoms in total. The molecule has 0 radical (unpaired) electrons. The fraction of sp³-hybridized carbons (Fsp3) is 0.133. The molecule has 2 aromatic rings. The van der Waals surface area contributed by atoms with Gasteiger partial charge in [0.15, 0.2) is 0 Å². The molecule has 1 N–H and O–H groups in total. The minimum absolute atomic E-state index is 0.534. The monoisotopic (exact) mass is 324 g/mol. The van der Waals surface area contributed by atoms with Crippen molar-refractivity contribution in [2.45, 2.75) is 6.42 Å². The summed E-state index contributed by atoms with van der Waals surface area (Å²) in [6, 6.07) is 12.7. The Hall–Kier alpha value is -1.40. The number of nitrogens with one attached hydrogen (secondary N) is 1. The number of rotatable bonds is 4. The van der Waals surface area contributed by atoms with Crippen molar-refractivity contribution < 1.29 is 0 Å². The van der Waals surface area contributed by atoms with Gasteiger partial charge in [0, 0.05) is 16.6 Å². The molecule has 0 aliphatic carbocycles. The normalized spacial score (nSPS) is 10.1. The first-order chi connectivity index (χ1) is 9.60. The highest BCUT2D eigenvalue weighted by Gasteiger charge is 2.04. The van der Waals surface area contributed by atoms with Gasteiger partial charge in [0.2, 0.25) is 0 Å². The van der Waals surface area contributed by atoms with Gasteiger partial charge in [-0.3, -0.25) is 0 Å². The largest absolute Gasteiger partial charge is 0.384 e. The van der Waals surface area contributed by atoms with Crippen LogP contribution in [0.25, 0.3) is 0 Å². The zero-order valence-electron chi connectivity index (χ0n) is 10.5. The van der Waals surface area contributed by atoms with E-state index in [1.807, 2.05) is 18.2 Å². The van der Waals surface area contributed by atoms with E-state index in [-0.39, 0.29) is 0 Å². The second-order valence-corrected chi connectivity index (χ2v) is 5.47. The Balaban J connectivity index is 1.98. The van der Waals surface area contributed by atoms with Crippen LogP contribution in [-0.2, 0) is 6.42 Å². The van der Waals surface area contributed by atoms with E-state index in [1.54, 1.807) is 24.3 Å². The lowest BCUT2D eigenvalue weighted by Crippen LogP contribution is -2.05. The van der Waals surface area contributed by atoms with Crippen LogP contribution in [0.1, 0.15) is 11.1 Å². The van der Waals surface area contributed by atoms with Gasteiger partial charge in [0.05, 0.1) is 22.3 Å². The van der Waals surface area contributed by atoms with Crippen LogP contribution in [-0.4, -0.2) is 6.54 Å². The lowest BCUT2D eigenvalue weighted by Gasteiger charge is -2.09. The smallest absolute Gasteiger partial charge is 0.0992 e. The molecule has 0 heterocycles. The van der Waals surface area contributed by atoms with Crippen LogP contribution < -0.4 is 5.32 Å². The molecule has 0 bridgehead atoms. The highest BCUT2D eigenvalue weighted by atomic mass is 35.5. The van der Waals surface area contributed by atoms with Crippen LogP contribution in [0.15, 0.2) is 36.4 Å². The summed E-state index contributed by atoms with van der Waals surface area (Å²) in [6.45, 7) is 0.687. The quantitative estimate of drug-likeness (QED) is 0.841. The Morgan fingerprint density at radius 1 is 1.00 bits per heavy atom. The van der Waals surface area contributed by atoms with Gasteiger partial charge < -0.3 is 5.32 Å². The first kappa shape index (κ1) is 15.0. The summed E-state index contributed by atoms with van der Waals surface area (Å²) in [7, 11) is 0. The van der Waals surface area contributed by atoms with E-state index in [2.05, 4.69) is 5.32 Å². The van der Waals surface area contributed by atoms with Crippen molar-refractivity contribution in [3.05, 3.63) is 62.6 Å². The zero-order chi connectivity index (χ0) is 14.5. The number of nitrogens with zero attached hydrogens (tertiary/aromatic N) is 1. The van der Waals surface area contributed by atoms with E-state index in [4.69, 9.17) is 40.1 Å². The lowest BCUT2D eigenvalue weighted by atomic mass is 10.1. The predicted octanol–water partition coefficient (Wildman–Crippen LogP) is 5.17. The number of hydrogen-bond acceptors (Lipinski definition) is 2. The van der Waals surface area contributed by atoms with E-state index < -0.39 is 0 Å². The van der Waals surface area contributed by atoms with Gasteiger partial charge in [-0.25, -0.2) is 0 Å². The van der Waals surface area contributed by atoms with Gasteiger partial charge in [-0.15, -0.1) is 0 Å². The molecular formula is C15H11Cl3N2. The van der Waals surface area contributed by atoms with Crippen LogP contribution in [0.2, 0.25) is 15.1 Å². The second-order valence-electron chi connectivity index (χ2n) is 4.22. The molecule has 0 unspecified atom stereocenters. The summed E-state index contributed by atoms with van der Waals surface area (Å²) in [5, 5.41) is 13.8. The number of halogens is 3. The van der Waals surface area contributed by atoms with Gasteiger partial charge in [-0.05, 0) is 42.3 Å². The Morgan fingerprint density at radius 2 is 1.80 bits per heavy atom. The molecule has 0 aliphatic heterocycles. The standard InChI is InChI=1S/C15H11Cl3N2/c16-12-3-2-11(13(17)8-12)5-6-20-15-4-1-10(9-19)7-14(15)18/h1-4,7-8,20H,5-6H2. The van der Waals surface area contributed by atoms with Gasteiger partial charge >= 0.3 is 0 Å². The van der Waals surface area contributed by atoms with Crippen molar-refractivity contribution in [3.63, 3.8) is 0 Å². The second kappa shape index (κ2) is 6.85. The van der Waals surface area contributed by atoms with Gasteiger partial charge in [0.25, 0.3) is 0 Å². The molecular weight excluding hydrogens is 315 g/mol. The van der Waals surface area contributed by atoms with Crippen molar-refractivity contribution in [2.24, 2.45) is 0 Å². The Labute approximate surface area is 132 Å². The Kier molecular flexibility index (Phi) is 5.14. The molecule has 0 saturated carbocycles. The summed E-state index contributed by atoms with van der Waals surface area (Å²) in [5.74, 6) is 0. The molecule has 0 saturated heterocycles. The molecule has 0 amide bonds. The fourth-order valence-corrected chi connectivity index (χ4v) is 2.53. The number of anilines is 1. The molecule has 0 aliphatic rings. The molecule has 0 aromatic heterocycles. The molecule has 0 fully saturated rings. The Morgan fingerprint density at radius 3 is 2.45 bits per heavy atom. The average Bonchev–Trinajstić information content (AvgIpc) is 2.42. The average molecular weight is 326 g/mol. The minimum atomic E-state index is 0.534. The third-order valence-corrected chi connectivity index (χ3v) is 3.72. The lowest BCUT2D eigenvalue weighted by molar-refractivity contribution is 1.02. The van der Waals surface area contributed by atoms with E-state index >= 15 is 0 Å².